The van der Waals surface area contributed by atoms with Gasteiger partial charge in [0.15, 0.2) is 0 Å². The Bertz CT molecular complexity index is 906. The zero-order valence-electron chi connectivity index (χ0n) is 18.8. The maximum atomic E-state index is 11.5. The van der Waals surface area contributed by atoms with Gasteiger partial charge in [0.05, 0.1) is 22.4 Å². The summed E-state index contributed by atoms with van der Waals surface area (Å²) in [4.78, 5) is 2.02. The molecule has 1 unspecified atom stereocenters. The average molecular weight is 453 g/mol. The van der Waals surface area contributed by atoms with Crippen molar-refractivity contribution in [2.45, 2.75) is 82.3 Å². The van der Waals surface area contributed by atoms with Crippen LogP contribution in [-0.4, -0.2) is 19.1 Å². The van der Waals surface area contributed by atoms with E-state index in [0.29, 0.717) is 6.54 Å². The molecule has 7 heteroatoms. The van der Waals surface area contributed by atoms with Crippen LogP contribution in [0.25, 0.3) is 0 Å². The summed E-state index contributed by atoms with van der Waals surface area (Å²) in [5.41, 5.74) is 2.84. The van der Waals surface area contributed by atoms with E-state index in [4.69, 9.17) is 0 Å². The Morgan fingerprint density at radius 3 is 2.23 bits per heavy atom. The first-order valence-corrected chi connectivity index (χ1v) is 12.6. The van der Waals surface area contributed by atoms with E-state index in [9.17, 15) is 13.0 Å². The molecule has 0 saturated carbocycles. The number of fused-ring (bicyclic) bond motifs is 1. The molecule has 1 atom stereocenters. The van der Waals surface area contributed by atoms with Gasteiger partial charge in [-0.1, -0.05) is 82.2 Å². The van der Waals surface area contributed by atoms with Gasteiger partial charge in [0, 0.05) is 6.54 Å². The molecule has 1 N–H and O–H groups in total. The van der Waals surface area contributed by atoms with Crippen LogP contribution < -0.4 is 39.8 Å². The Hall–Kier alpha value is -1.05. The van der Waals surface area contributed by atoms with Crippen molar-refractivity contribution in [3.63, 3.8) is 0 Å². The fourth-order valence-electron chi connectivity index (χ4n) is 4.13. The predicted molar refractivity (Wildman–Crippen MR) is 122 cm³/mol. The molecule has 0 radical (unpaired) electrons. The zero-order chi connectivity index (χ0) is 21.4. The van der Waals surface area contributed by atoms with Crippen LogP contribution in [-0.2, 0) is 16.7 Å². The molecule has 1 aliphatic heterocycles. The van der Waals surface area contributed by atoms with Crippen LogP contribution in [0.5, 0.6) is 0 Å². The van der Waals surface area contributed by atoms with E-state index >= 15 is 0 Å². The van der Waals surface area contributed by atoms with Crippen LogP contribution in [0.3, 0.4) is 0 Å². The maximum Gasteiger partial charge on any atom is 1.00 e. The Morgan fingerprint density at radius 2 is 1.58 bits per heavy atom. The van der Waals surface area contributed by atoms with E-state index in [2.05, 4.69) is 29.3 Å². The van der Waals surface area contributed by atoms with Gasteiger partial charge >= 0.3 is 29.6 Å². The Kier molecular flexibility index (Phi) is 10.9. The van der Waals surface area contributed by atoms with E-state index in [1.54, 1.807) is 6.07 Å². The smallest absolute Gasteiger partial charge is 0.744 e. The normalized spacial score (nSPS) is 15.3. The topological polar surface area (TPSA) is 72.5 Å². The fourth-order valence-corrected chi connectivity index (χ4v) is 4.62. The fraction of sp³-hybridized carbons (Fsp3) is 0.500. The van der Waals surface area contributed by atoms with E-state index in [0.717, 1.165) is 29.8 Å². The van der Waals surface area contributed by atoms with Gasteiger partial charge < -0.3 is 14.8 Å². The van der Waals surface area contributed by atoms with Crippen LogP contribution in [0, 0.1) is 0 Å². The van der Waals surface area contributed by atoms with Gasteiger partial charge in [-0.2, -0.15) is 0 Å². The van der Waals surface area contributed by atoms with Gasteiger partial charge in [-0.05, 0) is 36.6 Å². The van der Waals surface area contributed by atoms with Crippen molar-refractivity contribution < 1.29 is 42.5 Å². The molecule has 0 aliphatic carbocycles. The predicted octanol–water partition coefficient (Wildman–Crippen LogP) is 2.88. The first-order chi connectivity index (χ1) is 14.5. The third kappa shape index (κ3) is 7.79. The van der Waals surface area contributed by atoms with Crippen molar-refractivity contribution in [1.82, 2.24) is 0 Å². The molecule has 1 aliphatic rings. The number of nitrogens with one attached hydrogen (secondary N) is 1. The molecule has 2 aromatic rings. The minimum Gasteiger partial charge on any atom is -0.744 e. The molecule has 0 bridgehead atoms. The Morgan fingerprint density at radius 1 is 0.935 bits per heavy atom. The molecule has 164 valence electrons. The number of benzene rings is 2. The van der Waals surface area contributed by atoms with Crippen molar-refractivity contribution in [2.75, 3.05) is 10.2 Å². The number of unbranched alkanes of at least 4 members (excludes halogenated alkanes) is 7. The number of anilines is 2. The molecule has 0 fully saturated rings. The minimum atomic E-state index is -4.48. The second kappa shape index (κ2) is 12.9. The van der Waals surface area contributed by atoms with E-state index in [1.165, 1.54) is 57.1 Å². The Labute approximate surface area is 209 Å². The van der Waals surface area contributed by atoms with E-state index < -0.39 is 10.1 Å². The third-order valence-electron chi connectivity index (χ3n) is 5.79. The summed E-state index contributed by atoms with van der Waals surface area (Å²) in [7, 11) is -4.48. The number of hydrogen-bond acceptors (Lipinski definition) is 5. The minimum absolute atomic E-state index is 0. The summed E-state index contributed by atoms with van der Waals surface area (Å²) < 4.78 is 34.6. The molecule has 1 heterocycles. The molecule has 2 aromatic carbocycles. The summed E-state index contributed by atoms with van der Waals surface area (Å²) in [6.45, 7) is 2.91. The molecule has 0 spiro atoms. The third-order valence-corrected chi connectivity index (χ3v) is 6.62. The van der Waals surface area contributed by atoms with Crippen LogP contribution in [0.15, 0.2) is 53.4 Å². The summed E-state index contributed by atoms with van der Waals surface area (Å²) in [6.07, 6.45) is 11.3. The van der Waals surface area contributed by atoms with Gasteiger partial charge in [0.25, 0.3) is 0 Å². The van der Waals surface area contributed by atoms with Crippen LogP contribution >= 0.6 is 0 Å². The SMILES string of the molecule is CCCCCCCCCCC1Nc2ccc(S(=O)(=O)[O-])cc2N1Cc1ccccc1.[Na+]. The average Bonchev–Trinajstić information content (AvgIpc) is 3.07. The second-order valence-corrected chi connectivity index (χ2v) is 9.55. The zero-order valence-corrected chi connectivity index (χ0v) is 21.7. The van der Waals surface area contributed by atoms with Crippen molar-refractivity contribution in [2.24, 2.45) is 0 Å². The van der Waals surface area contributed by atoms with E-state index in [1.807, 2.05) is 18.2 Å². The van der Waals surface area contributed by atoms with Crippen LogP contribution in [0.2, 0.25) is 0 Å². The maximum absolute atomic E-state index is 11.5. The monoisotopic (exact) mass is 452 g/mol. The molecule has 31 heavy (non-hydrogen) atoms. The van der Waals surface area contributed by atoms with Gasteiger partial charge in [-0.25, -0.2) is 8.42 Å². The molecule has 0 aromatic heterocycles. The van der Waals surface area contributed by atoms with Gasteiger partial charge in [-0.15, -0.1) is 0 Å². The van der Waals surface area contributed by atoms with Crippen molar-refractivity contribution in [3.8, 4) is 0 Å². The quantitative estimate of drug-likeness (QED) is 0.305. The van der Waals surface area contributed by atoms with Crippen molar-refractivity contribution in [3.05, 3.63) is 54.1 Å². The van der Waals surface area contributed by atoms with Gasteiger partial charge in [0.2, 0.25) is 0 Å². The van der Waals surface area contributed by atoms with E-state index in [-0.39, 0.29) is 40.6 Å². The molecule has 0 saturated heterocycles. The molecule has 5 nitrogen and oxygen atoms in total. The van der Waals surface area contributed by atoms with Crippen molar-refractivity contribution >= 4 is 21.5 Å². The summed E-state index contributed by atoms with van der Waals surface area (Å²) in [6, 6.07) is 14.8. The van der Waals surface area contributed by atoms with Crippen LogP contribution in [0.1, 0.15) is 70.3 Å². The van der Waals surface area contributed by atoms with Crippen molar-refractivity contribution in [1.29, 1.82) is 0 Å². The largest absolute Gasteiger partial charge is 1.00 e. The molecule has 3 rings (SSSR count). The number of hydrogen-bond donors (Lipinski definition) is 1. The standard InChI is InChI=1S/C24H34N2O3S.Na/c1-2-3-4-5-6-7-8-12-15-24-25-22-17-16-21(30(27,28)29)18-23(22)26(24)19-20-13-10-9-11-14-20;/h9-11,13-14,16-18,24-25H,2-8,12,15,19H2,1H3,(H,27,28,29);/q;+1/p-1. The summed E-state index contributed by atoms with van der Waals surface area (Å²) in [5.74, 6) is 0. The Balaban J connectivity index is 0.00000341. The number of rotatable bonds is 12. The molecule has 0 amide bonds. The summed E-state index contributed by atoms with van der Waals surface area (Å²) >= 11 is 0. The first-order valence-electron chi connectivity index (χ1n) is 11.2. The first kappa shape index (κ1) is 26.2. The molecular weight excluding hydrogens is 419 g/mol. The van der Waals surface area contributed by atoms with Gasteiger partial charge in [0.1, 0.15) is 10.1 Å². The van der Waals surface area contributed by atoms with Crippen LogP contribution in [0.4, 0.5) is 11.4 Å². The number of nitrogens with zero attached hydrogens (tertiary/aromatic N) is 1. The van der Waals surface area contributed by atoms with Gasteiger partial charge in [-0.3, -0.25) is 0 Å². The molecular formula is C24H33N2NaO3S. The summed E-state index contributed by atoms with van der Waals surface area (Å²) in [5, 5.41) is 3.53. The second-order valence-electron chi connectivity index (χ2n) is 8.17.